The summed E-state index contributed by atoms with van der Waals surface area (Å²) in [5, 5.41) is 13.1. The van der Waals surface area contributed by atoms with Crippen LogP contribution >= 0.6 is 0 Å². The maximum absolute atomic E-state index is 13.1. The Kier molecular flexibility index (Phi) is 3.32. The SMILES string of the molecule is CC(O)c1cc(F)ccc1-n1cc(C(F)(F)F)cn1. The van der Waals surface area contributed by atoms with Crippen molar-refractivity contribution in [1.82, 2.24) is 9.78 Å². The number of nitrogens with zero attached hydrogens (tertiary/aromatic N) is 2. The van der Waals surface area contributed by atoms with Crippen LogP contribution in [0, 0.1) is 5.82 Å². The minimum absolute atomic E-state index is 0.164. The molecule has 1 aromatic heterocycles. The van der Waals surface area contributed by atoms with E-state index in [4.69, 9.17) is 0 Å². The minimum atomic E-state index is -4.50. The summed E-state index contributed by atoms with van der Waals surface area (Å²) in [4.78, 5) is 0. The van der Waals surface area contributed by atoms with Crippen molar-refractivity contribution < 1.29 is 22.7 Å². The van der Waals surface area contributed by atoms with Crippen LogP contribution in [0.25, 0.3) is 5.69 Å². The molecule has 0 aliphatic heterocycles. The van der Waals surface area contributed by atoms with Crippen molar-refractivity contribution in [3.05, 3.63) is 47.5 Å². The Hall–Kier alpha value is -1.89. The van der Waals surface area contributed by atoms with E-state index in [1.807, 2.05) is 0 Å². The molecular weight excluding hydrogens is 264 g/mol. The van der Waals surface area contributed by atoms with Crippen LogP contribution in [0.3, 0.4) is 0 Å². The zero-order valence-electron chi connectivity index (χ0n) is 9.82. The van der Waals surface area contributed by atoms with Crippen LogP contribution in [-0.2, 0) is 6.18 Å². The average Bonchev–Trinajstić information content (AvgIpc) is 2.77. The number of benzene rings is 1. The molecule has 0 fully saturated rings. The molecule has 7 heteroatoms. The third kappa shape index (κ3) is 2.76. The van der Waals surface area contributed by atoms with Gasteiger partial charge in [-0.2, -0.15) is 18.3 Å². The van der Waals surface area contributed by atoms with E-state index in [0.29, 0.717) is 6.20 Å². The van der Waals surface area contributed by atoms with E-state index in [1.165, 1.54) is 13.0 Å². The Balaban J connectivity index is 2.50. The van der Waals surface area contributed by atoms with E-state index in [0.717, 1.165) is 23.0 Å². The molecule has 1 N–H and O–H groups in total. The van der Waals surface area contributed by atoms with E-state index in [1.54, 1.807) is 0 Å². The van der Waals surface area contributed by atoms with Gasteiger partial charge < -0.3 is 5.11 Å². The first kappa shape index (κ1) is 13.5. The standard InChI is InChI=1S/C12H10F4N2O/c1-7(19)10-4-9(13)2-3-11(10)18-6-8(5-17-18)12(14,15)16/h2-7,19H,1H3. The second-order valence-corrected chi connectivity index (χ2v) is 4.05. The number of aromatic nitrogens is 2. The smallest absolute Gasteiger partial charge is 0.389 e. The molecule has 0 saturated heterocycles. The average molecular weight is 274 g/mol. The molecule has 0 bridgehead atoms. The van der Waals surface area contributed by atoms with Gasteiger partial charge in [-0.05, 0) is 25.1 Å². The van der Waals surface area contributed by atoms with E-state index in [2.05, 4.69) is 5.10 Å². The summed E-state index contributed by atoms with van der Waals surface area (Å²) in [6.07, 6.45) is -4.05. The minimum Gasteiger partial charge on any atom is -0.389 e. The zero-order chi connectivity index (χ0) is 14.2. The fourth-order valence-electron chi connectivity index (χ4n) is 1.67. The highest BCUT2D eigenvalue weighted by molar-refractivity contribution is 5.42. The van der Waals surface area contributed by atoms with Gasteiger partial charge in [-0.25, -0.2) is 9.07 Å². The molecule has 1 atom stereocenters. The van der Waals surface area contributed by atoms with Crippen LogP contribution in [0.5, 0.6) is 0 Å². The van der Waals surface area contributed by atoms with Crippen LogP contribution in [0.1, 0.15) is 24.2 Å². The highest BCUT2D eigenvalue weighted by Crippen LogP contribution is 2.30. The summed E-state index contributed by atoms with van der Waals surface area (Å²) in [7, 11) is 0. The van der Waals surface area contributed by atoms with Gasteiger partial charge in [0.1, 0.15) is 5.82 Å². The molecule has 0 aliphatic rings. The number of alkyl halides is 3. The third-order valence-electron chi connectivity index (χ3n) is 2.60. The largest absolute Gasteiger partial charge is 0.419 e. The van der Waals surface area contributed by atoms with Crippen LogP contribution in [0.15, 0.2) is 30.6 Å². The number of hydrogen-bond donors (Lipinski definition) is 1. The summed E-state index contributed by atoms with van der Waals surface area (Å²) < 4.78 is 51.5. The molecule has 2 aromatic rings. The number of hydrogen-bond acceptors (Lipinski definition) is 2. The van der Waals surface area contributed by atoms with Gasteiger partial charge >= 0.3 is 6.18 Å². The lowest BCUT2D eigenvalue weighted by Crippen LogP contribution is -2.05. The van der Waals surface area contributed by atoms with Crippen LogP contribution in [0.4, 0.5) is 17.6 Å². The lowest BCUT2D eigenvalue weighted by molar-refractivity contribution is -0.137. The molecule has 0 amide bonds. The first-order chi connectivity index (χ1) is 8.79. The van der Waals surface area contributed by atoms with Crippen molar-refractivity contribution in [2.75, 3.05) is 0 Å². The molecule has 1 unspecified atom stereocenters. The van der Waals surface area contributed by atoms with Gasteiger partial charge in [0.05, 0.1) is 23.6 Å². The molecule has 0 saturated carbocycles. The topological polar surface area (TPSA) is 38.0 Å². The Morgan fingerprint density at radius 3 is 2.53 bits per heavy atom. The number of aliphatic hydroxyl groups is 1. The van der Waals surface area contributed by atoms with E-state index >= 15 is 0 Å². The molecule has 2 rings (SSSR count). The molecule has 19 heavy (non-hydrogen) atoms. The molecule has 102 valence electrons. The van der Waals surface area contributed by atoms with Gasteiger partial charge in [-0.15, -0.1) is 0 Å². The number of rotatable bonds is 2. The summed E-state index contributed by atoms with van der Waals surface area (Å²) in [6, 6.07) is 3.43. The lowest BCUT2D eigenvalue weighted by Gasteiger charge is -2.12. The predicted octanol–water partition coefficient (Wildman–Crippen LogP) is 3.08. The maximum atomic E-state index is 13.1. The Morgan fingerprint density at radius 2 is 2.00 bits per heavy atom. The number of halogens is 4. The summed E-state index contributed by atoms with van der Waals surface area (Å²) in [5.74, 6) is -0.581. The van der Waals surface area contributed by atoms with Gasteiger partial charge in [0.25, 0.3) is 0 Å². The monoisotopic (exact) mass is 274 g/mol. The lowest BCUT2D eigenvalue weighted by atomic mass is 10.1. The molecule has 1 heterocycles. The molecule has 0 radical (unpaired) electrons. The van der Waals surface area contributed by atoms with Gasteiger partial charge in [-0.3, -0.25) is 0 Å². The Labute approximate surface area is 106 Å². The van der Waals surface area contributed by atoms with E-state index in [-0.39, 0.29) is 11.3 Å². The molecular formula is C12H10F4N2O. The van der Waals surface area contributed by atoms with Gasteiger partial charge in [0.2, 0.25) is 0 Å². The molecule has 1 aromatic carbocycles. The van der Waals surface area contributed by atoms with Crippen LogP contribution in [-0.4, -0.2) is 14.9 Å². The van der Waals surface area contributed by atoms with Gasteiger partial charge in [-0.1, -0.05) is 0 Å². The third-order valence-corrected chi connectivity index (χ3v) is 2.60. The van der Waals surface area contributed by atoms with Crippen molar-refractivity contribution >= 4 is 0 Å². The highest BCUT2D eigenvalue weighted by atomic mass is 19.4. The van der Waals surface area contributed by atoms with Gasteiger partial charge in [0.15, 0.2) is 0 Å². The highest BCUT2D eigenvalue weighted by Gasteiger charge is 2.32. The van der Waals surface area contributed by atoms with Crippen molar-refractivity contribution in [1.29, 1.82) is 0 Å². The molecule has 0 aliphatic carbocycles. The Bertz CT molecular complexity index is 590. The van der Waals surface area contributed by atoms with Crippen molar-refractivity contribution in [2.24, 2.45) is 0 Å². The fraction of sp³-hybridized carbons (Fsp3) is 0.250. The quantitative estimate of drug-likeness (QED) is 0.855. The van der Waals surface area contributed by atoms with E-state index in [9.17, 15) is 22.7 Å². The van der Waals surface area contributed by atoms with Crippen LogP contribution < -0.4 is 0 Å². The first-order valence-corrected chi connectivity index (χ1v) is 5.39. The number of aliphatic hydroxyl groups excluding tert-OH is 1. The fourth-order valence-corrected chi connectivity index (χ4v) is 1.67. The van der Waals surface area contributed by atoms with Crippen molar-refractivity contribution in [3.8, 4) is 5.69 Å². The second-order valence-electron chi connectivity index (χ2n) is 4.05. The predicted molar refractivity (Wildman–Crippen MR) is 59.2 cm³/mol. The maximum Gasteiger partial charge on any atom is 0.419 e. The molecule has 3 nitrogen and oxygen atoms in total. The van der Waals surface area contributed by atoms with Crippen LogP contribution in [0.2, 0.25) is 0 Å². The normalized spacial score (nSPS) is 13.6. The molecule has 0 spiro atoms. The Morgan fingerprint density at radius 1 is 1.32 bits per heavy atom. The summed E-state index contributed by atoms with van der Waals surface area (Å²) in [5.41, 5.74) is -0.544. The van der Waals surface area contributed by atoms with Crippen molar-refractivity contribution in [2.45, 2.75) is 19.2 Å². The van der Waals surface area contributed by atoms with Crippen molar-refractivity contribution in [3.63, 3.8) is 0 Å². The zero-order valence-corrected chi connectivity index (χ0v) is 9.82. The summed E-state index contributed by atoms with van der Waals surface area (Å²) >= 11 is 0. The second kappa shape index (κ2) is 4.65. The van der Waals surface area contributed by atoms with E-state index < -0.39 is 23.7 Å². The van der Waals surface area contributed by atoms with Gasteiger partial charge in [0, 0.05) is 11.8 Å². The summed E-state index contributed by atoms with van der Waals surface area (Å²) in [6.45, 7) is 1.40. The first-order valence-electron chi connectivity index (χ1n) is 5.39.